The van der Waals surface area contributed by atoms with Crippen LogP contribution in [-0.4, -0.2) is 43.6 Å². The first-order valence-corrected chi connectivity index (χ1v) is 13.9. The lowest BCUT2D eigenvalue weighted by atomic mass is 9.79. The summed E-state index contributed by atoms with van der Waals surface area (Å²) >= 11 is 0. The van der Waals surface area contributed by atoms with E-state index in [1.807, 2.05) is 6.92 Å². The Labute approximate surface area is 216 Å². The average molecular weight is 542 g/mol. The monoisotopic (exact) mass is 541 g/mol. The zero-order valence-corrected chi connectivity index (χ0v) is 22.0. The zero-order valence-electron chi connectivity index (χ0n) is 21.2. The molecule has 0 saturated heterocycles. The molecule has 0 spiro atoms. The van der Waals surface area contributed by atoms with Gasteiger partial charge >= 0.3 is 6.18 Å². The van der Waals surface area contributed by atoms with E-state index in [1.54, 1.807) is 31.2 Å². The maximum absolute atomic E-state index is 13.2. The minimum absolute atomic E-state index is 0.0146. The third kappa shape index (κ3) is 6.84. The fourth-order valence-electron chi connectivity index (χ4n) is 4.71. The smallest absolute Gasteiger partial charge is 0.425 e. The van der Waals surface area contributed by atoms with Gasteiger partial charge in [-0.05, 0) is 88.8 Å². The molecule has 1 fully saturated rings. The summed E-state index contributed by atoms with van der Waals surface area (Å²) in [6.45, 7) is 4.11. The molecule has 0 heterocycles. The number of hydrogen-bond donors (Lipinski definition) is 2. The highest BCUT2D eigenvalue weighted by molar-refractivity contribution is 7.92. The molecule has 0 bridgehead atoms. The van der Waals surface area contributed by atoms with E-state index in [9.17, 15) is 31.5 Å². The minimum atomic E-state index is -4.49. The van der Waals surface area contributed by atoms with Crippen LogP contribution in [0, 0.1) is 18.3 Å². The van der Waals surface area contributed by atoms with Gasteiger partial charge in [0.15, 0.2) is 15.9 Å². The second-order valence-electron chi connectivity index (χ2n) is 9.97. The van der Waals surface area contributed by atoms with Gasteiger partial charge in [0.1, 0.15) is 5.75 Å². The molecule has 0 radical (unpaired) electrons. The number of anilines is 1. The average Bonchev–Trinajstić information content (AvgIpc) is 3.08. The van der Waals surface area contributed by atoms with Crippen LogP contribution in [0.15, 0.2) is 53.4 Å². The summed E-state index contributed by atoms with van der Waals surface area (Å²) in [5, 5.41) is 12.3. The van der Waals surface area contributed by atoms with Crippen LogP contribution in [0.2, 0.25) is 0 Å². The van der Waals surface area contributed by atoms with Crippen molar-refractivity contribution in [3.8, 4) is 5.75 Å². The molecule has 10 heteroatoms. The van der Waals surface area contributed by atoms with Gasteiger partial charge in [-0.25, -0.2) is 8.42 Å². The van der Waals surface area contributed by atoms with E-state index in [0.717, 1.165) is 12.5 Å². The van der Waals surface area contributed by atoms with E-state index in [4.69, 9.17) is 4.74 Å². The van der Waals surface area contributed by atoms with E-state index < -0.39 is 45.3 Å². The van der Waals surface area contributed by atoms with Crippen molar-refractivity contribution >= 4 is 21.4 Å². The van der Waals surface area contributed by atoms with Crippen molar-refractivity contribution in [2.45, 2.75) is 75.3 Å². The Balaban J connectivity index is 1.67. The molecule has 37 heavy (non-hydrogen) atoms. The number of rotatable bonds is 8. The predicted molar refractivity (Wildman–Crippen MR) is 135 cm³/mol. The molecule has 4 unspecified atom stereocenters. The molecule has 1 aliphatic carbocycles. The van der Waals surface area contributed by atoms with Crippen LogP contribution in [0.5, 0.6) is 5.75 Å². The largest absolute Gasteiger partial charge is 0.481 e. The van der Waals surface area contributed by atoms with Gasteiger partial charge in [-0.1, -0.05) is 24.1 Å². The number of amides is 1. The highest BCUT2D eigenvalue weighted by Gasteiger charge is 2.42. The van der Waals surface area contributed by atoms with Crippen LogP contribution < -0.4 is 10.1 Å². The molecule has 0 aliphatic heterocycles. The molecule has 4 atom stereocenters. The summed E-state index contributed by atoms with van der Waals surface area (Å²) in [5.74, 6) is -0.553. The zero-order chi connectivity index (χ0) is 27.4. The van der Waals surface area contributed by atoms with Crippen molar-refractivity contribution < 1.29 is 36.2 Å². The Morgan fingerprint density at radius 1 is 1.08 bits per heavy atom. The van der Waals surface area contributed by atoms with Crippen LogP contribution in [-0.2, 0) is 14.6 Å². The van der Waals surface area contributed by atoms with E-state index in [2.05, 4.69) is 5.32 Å². The highest BCUT2D eigenvalue weighted by Crippen LogP contribution is 2.41. The molecule has 2 N–H and O–H groups in total. The van der Waals surface area contributed by atoms with Crippen LogP contribution in [0.4, 0.5) is 18.9 Å². The van der Waals surface area contributed by atoms with Gasteiger partial charge in [-0.3, -0.25) is 4.79 Å². The van der Waals surface area contributed by atoms with Crippen molar-refractivity contribution in [3.05, 3.63) is 54.1 Å². The lowest BCUT2D eigenvalue weighted by Crippen LogP contribution is -2.39. The van der Waals surface area contributed by atoms with E-state index in [-0.39, 0.29) is 16.6 Å². The fraction of sp³-hybridized carbons (Fsp3) is 0.519. The molecule has 0 aromatic heterocycles. The number of halogens is 3. The number of alkyl halides is 3. The van der Waals surface area contributed by atoms with Crippen LogP contribution in [0.1, 0.15) is 51.5 Å². The van der Waals surface area contributed by atoms with Gasteiger partial charge < -0.3 is 15.2 Å². The SMILES string of the molecule is Cc1ccc(S(=O)(=O)C(C)C2CCCC(CO)(C(=O)Nc3ccc(OC(C)C(F)(F)F)cc3)CC2)cc1. The fourth-order valence-corrected chi connectivity index (χ4v) is 6.43. The second-order valence-corrected chi connectivity index (χ2v) is 12.3. The normalized spacial score (nSPS) is 22.5. The summed E-state index contributed by atoms with van der Waals surface area (Å²) in [7, 11) is -3.55. The van der Waals surface area contributed by atoms with Gasteiger partial charge in [-0.15, -0.1) is 0 Å². The Morgan fingerprint density at radius 3 is 2.27 bits per heavy atom. The molecule has 2 aromatic rings. The van der Waals surface area contributed by atoms with Crippen LogP contribution in [0.3, 0.4) is 0 Å². The first-order chi connectivity index (χ1) is 17.3. The Kier molecular flexibility index (Phi) is 8.95. The van der Waals surface area contributed by atoms with Gasteiger partial charge in [0.2, 0.25) is 5.91 Å². The lowest BCUT2D eigenvalue weighted by molar-refractivity contribution is -0.189. The number of sulfone groups is 1. The van der Waals surface area contributed by atoms with Crippen molar-refractivity contribution in [2.24, 2.45) is 11.3 Å². The van der Waals surface area contributed by atoms with Crippen molar-refractivity contribution in [3.63, 3.8) is 0 Å². The first kappa shape index (κ1) is 29.0. The summed E-state index contributed by atoms with van der Waals surface area (Å²) in [6.07, 6.45) is -4.09. The molecule has 2 aromatic carbocycles. The number of aliphatic hydroxyl groups is 1. The first-order valence-electron chi connectivity index (χ1n) is 12.3. The van der Waals surface area contributed by atoms with Gasteiger partial charge in [-0.2, -0.15) is 13.2 Å². The molecule has 1 amide bonds. The Hall–Kier alpha value is -2.59. The van der Waals surface area contributed by atoms with E-state index >= 15 is 0 Å². The van der Waals surface area contributed by atoms with E-state index in [0.29, 0.717) is 37.8 Å². The van der Waals surface area contributed by atoms with Crippen molar-refractivity contribution in [1.82, 2.24) is 0 Å². The Morgan fingerprint density at radius 2 is 1.70 bits per heavy atom. The molecule has 3 rings (SSSR count). The number of carbonyl (C=O) groups excluding carboxylic acids is 1. The van der Waals surface area contributed by atoms with Crippen molar-refractivity contribution in [2.75, 3.05) is 11.9 Å². The number of carbonyl (C=O) groups is 1. The molecule has 6 nitrogen and oxygen atoms in total. The number of ether oxygens (including phenoxy) is 1. The van der Waals surface area contributed by atoms with Crippen LogP contribution in [0.25, 0.3) is 0 Å². The molecular weight excluding hydrogens is 507 g/mol. The Bertz CT molecular complexity index is 1170. The summed E-state index contributed by atoms with van der Waals surface area (Å²) in [5.41, 5.74) is 0.251. The highest BCUT2D eigenvalue weighted by atomic mass is 32.2. The number of aryl methyl sites for hydroxylation is 1. The number of hydrogen-bond acceptors (Lipinski definition) is 5. The number of benzene rings is 2. The minimum Gasteiger partial charge on any atom is -0.481 e. The third-order valence-corrected chi connectivity index (χ3v) is 9.69. The number of nitrogens with one attached hydrogen (secondary N) is 1. The maximum Gasteiger partial charge on any atom is 0.425 e. The maximum atomic E-state index is 13.2. The van der Waals surface area contributed by atoms with Gasteiger partial charge in [0.05, 0.1) is 22.2 Å². The standard InChI is InChI=1S/C27H34F3NO5S/c1-18-6-12-24(13-7-18)37(34,35)19(2)21-5-4-15-26(17-32,16-14-21)25(33)31-22-8-10-23(11-9-22)36-20(3)27(28,29)30/h6-13,19-21,32H,4-5,14-17H2,1-3H3,(H,31,33). The number of aliphatic hydroxyl groups excluding tert-OH is 1. The summed E-state index contributed by atoms with van der Waals surface area (Å²) < 4.78 is 69.4. The topological polar surface area (TPSA) is 92.7 Å². The molecule has 1 aliphatic rings. The van der Waals surface area contributed by atoms with E-state index in [1.165, 1.54) is 24.3 Å². The molecular formula is C27H34F3NO5S. The summed E-state index contributed by atoms with van der Waals surface area (Å²) in [6, 6.07) is 12.3. The van der Waals surface area contributed by atoms with Gasteiger partial charge in [0, 0.05) is 5.69 Å². The molecule has 1 saturated carbocycles. The lowest BCUT2D eigenvalue weighted by Gasteiger charge is -2.30. The quantitative estimate of drug-likeness (QED) is 0.419. The predicted octanol–water partition coefficient (Wildman–Crippen LogP) is 5.68. The third-order valence-electron chi connectivity index (χ3n) is 7.40. The second kappa shape index (κ2) is 11.4. The van der Waals surface area contributed by atoms with Gasteiger partial charge in [0.25, 0.3) is 0 Å². The van der Waals surface area contributed by atoms with Crippen LogP contribution >= 0.6 is 0 Å². The van der Waals surface area contributed by atoms with Crippen molar-refractivity contribution in [1.29, 1.82) is 0 Å². The molecule has 204 valence electrons. The summed E-state index contributed by atoms with van der Waals surface area (Å²) in [4.78, 5) is 13.5.